The van der Waals surface area contributed by atoms with E-state index in [1.165, 1.54) is 13.2 Å². The monoisotopic (exact) mass is 377 g/mol. The van der Waals surface area contributed by atoms with Crippen LogP contribution in [0.2, 0.25) is 0 Å². The summed E-state index contributed by atoms with van der Waals surface area (Å²) in [5, 5.41) is 0. The number of aldehydes is 1. The molecule has 2 rings (SSSR count). The van der Waals surface area contributed by atoms with Crippen LogP contribution in [0.15, 0.2) is 18.2 Å². The van der Waals surface area contributed by atoms with Gasteiger partial charge in [-0.3, -0.25) is 9.59 Å². The minimum absolute atomic E-state index is 0.181. The van der Waals surface area contributed by atoms with Crippen molar-refractivity contribution in [1.29, 1.82) is 0 Å². The molecule has 1 heterocycles. The molecule has 0 saturated carbocycles. The van der Waals surface area contributed by atoms with Crippen LogP contribution in [0.1, 0.15) is 50.9 Å². The zero-order chi connectivity index (χ0) is 20.2. The molecule has 0 spiro atoms. The van der Waals surface area contributed by atoms with Crippen molar-refractivity contribution in [3.05, 3.63) is 23.8 Å². The van der Waals surface area contributed by atoms with E-state index in [1.54, 1.807) is 44.7 Å². The molecule has 148 valence electrons. The lowest BCUT2D eigenvalue weighted by atomic mass is 10.00. The lowest BCUT2D eigenvalue weighted by Crippen LogP contribution is -2.45. The van der Waals surface area contributed by atoms with Gasteiger partial charge >= 0.3 is 12.1 Å². The number of rotatable bonds is 5. The van der Waals surface area contributed by atoms with Crippen molar-refractivity contribution in [3.63, 3.8) is 0 Å². The Morgan fingerprint density at radius 1 is 1.26 bits per heavy atom. The third-order valence-corrected chi connectivity index (χ3v) is 4.41. The van der Waals surface area contributed by atoms with E-state index in [2.05, 4.69) is 0 Å². The van der Waals surface area contributed by atoms with Gasteiger partial charge in [-0.1, -0.05) is 0 Å². The first-order valence-electron chi connectivity index (χ1n) is 9.01. The molecular weight excluding hydrogens is 350 g/mol. The van der Waals surface area contributed by atoms with Crippen molar-refractivity contribution < 1.29 is 28.6 Å². The van der Waals surface area contributed by atoms with Gasteiger partial charge in [0.1, 0.15) is 11.9 Å². The highest BCUT2D eigenvalue weighted by Gasteiger charge is 2.39. The summed E-state index contributed by atoms with van der Waals surface area (Å²) in [5.74, 6) is -0.501. The highest BCUT2D eigenvalue weighted by molar-refractivity contribution is 5.80. The number of benzene rings is 1. The van der Waals surface area contributed by atoms with Crippen molar-refractivity contribution in [2.24, 2.45) is 5.92 Å². The second-order valence-electron chi connectivity index (χ2n) is 7.62. The number of likely N-dealkylation sites (tertiary alicyclic amines) is 1. The smallest absolute Gasteiger partial charge is 0.410 e. The van der Waals surface area contributed by atoms with Crippen LogP contribution in [-0.2, 0) is 9.53 Å². The number of hydrogen-bond donors (Lipinski definition) is 0. The van der Waals surface area contributed by atoms with Crippen LogP contribution in [-0.4, -0.2) is 48.5 Å². The fourth-order valence-electron chi connectivity index (χ4n) is 3.06. The fourth-order valence-corrected chi connectivity index (χ4v) is 3.06. The number of nitrogens with zero attached hydrogens (tertiary/aromatic N) is 1. The van der Waals surface area contributed by atoms with Gasteiger partial charge in [-0.05, 0) is 58.7 Å². The molecule has 0 aromatic heterocycles. The highest BCUT2D eigenvalue weighted by atomic mass is 16.6. The predicted octanol–water partition coefficient (Wildman–Crippen LogP) is 3.45. The Hall–Kier alpha value is -2.57. The van der Waals surface area contributed by atoms with Gasteiger partial charge in [-0.25, -0.2) is 4.79 Å². The molecule has 1 amide bonds. The van der Waals surface area contributed by atoms with Crippen molar-refractivity contribution in [1.82, 2.24) is 4.90 Å². The number of esters is 1. The minimum atomic E-state index is -0.601. The Morgan fingerprint density at radius 3 is 2.56 bits per heavy atom. The van der Waals surface area contributed by atoms with Crippen LogP contribution in [0.4, 0.5) is 4.79 Å². The highest BCUT2D eigenvalue weighted by Crippen LogP contribution is 2.31. The van der Waals surface area contributed by atoms with Crippen molar-refractivity contribution in [2.45, 2.75) is 52.2 Å². The van der Waals surface area contributed by atoms with Crippen LogP contribution in [0.3, 0.4) is 0 Å². The summed E-state index contributed by atoms with van der Waals surface area (Å²) >= 11 is 0. The zero-order valence-corrected chi connectivity index (χ0v) is 16.5. The van der Waals surface area contributed by atoms with Crippen LogP contribution < -0.4 is 9.47 Å². The molecule has 1 aliphatic heterocycles. The number of methoxy groups -OCH3 is 1. The van der Waals surface area contributed by atoms with Crippen molar-refractivity contribution in [2.75, 3.05) is 13.7 Å². The average Bonchev–Trinajstić information content (AvgIpc) is 3.09. The third-order valence-electron chi connectivity index (χ3n) is 4.41. The average molecular weight is 377 g/mol. The summed E-state index contributed by atoms with van der Waals surface area (Å²) in [6.45, 7) is 7.69. The number of hydrogen-bond acceptors (Lipinski definition) is 6. The summed E-state index contributed by atoms with van der Waals surface area (Å²) < 4.78 is 16.1. The Bertz CT molecular complexity index is 709. The second kappa shape index (κ2) is 8.41. The first kappa shape index (κ1) is 20.7. The van der Waals surface area contributed by atoms with Crippen LogP contribution in [0.25, 0.3) is 0 Å². The Kier molecular flexibility index (Phi) is 6.46. The Labute approximate surface area is 159 Å². The number of carbonyl (C=O) groups is 3. The summed E-state index contributed by atoms with van der Waals surface area (Å²) in [5.41, 5.74) is -0.223. The molecule has 7 heteroatoms. The van der Waals surface area contributed by atoms with Gasteiger partial charge in [-0.15, -0.1) is 0 Å². The van der Waals surface area contributed by atoms with E-state index in [0.29, 0.717) is 30.6 Å². The molecule has 0 radical (unpaired) electrons. The van der Waals surface area contributed by atoms with Crippen molar-refractivity contribution in [3.8, 4) is 11.5 Å². The number of amides is 1. The first-order valence-corrected chi connectivity index (χ1v) is 9.01. The van der Waals surface area contributed by atoms with Crippen LogP contribution in [0.5, 0.6) is 11.5 Å². The van der Waals surface area contributed by atoms with E-state index >= 15 is 0 Å². The normalized spacial score (nSPS) is 18.0. The predicted molar refractivity (Wildman–Crippen MR) is 99.1 cm³/mol. The molecule has 2 unspecified atom stereocenters. The second-order valence-corrected chi connectivity index (χ2v) is 7.62. The van der Waals surface area contributed by atoms with Crippen LogP contribution >= 0.6 is 0 Å². The molecule has 1 aromatic rings. The van der Waals surface area contributed by atoms with E-state index in [9.17, 15) is 14.4 Å². The zero-order valence-electron chi connectivity index (χ0n) is 16.5. The van der Waals surface area contributed by atoms with Gasteiger partial charge in [0.05, 0.1) is 13.0 Å². The lowest BCUT2D eigenvalue weighted by molar-refractivity contribution is -0.140. The fraction of sp³-hybridized carbons (Fsp3) is 0.550. The molecule has 1 aliphatic rings. The molecule has 1 aromatic carbocycles. The maximum Gasteiger partial charge on any atom is 0.410 e. The maximum absolute atomic E-state index is 12.7. The minimum Gasteiger partial charge on any atom is -0.493 e. The standard InChI is InChI=1S/C20H27NO6/c1-13(15-7-6-10-21(15)19(24)27-20(2,3)4)18(23)26-17-11-14(12-22)8-9-16(17)25-5/h8-9,11-13,15H,6-7,10H2,1-5H3. The van der Waals surface area contributed by atoms with E-state index in [4.69, 9.17) is 14.2 Å². The SMILES string of the molecule is COc1ccc(C=O)cc1OC(=O)C(C)C1CCCN1C(=O)OC(C)(C)C. The van der Waals surface area contributed by atoms with E-state index < -0.39 is 23.6 Å². The molecular formula is C20H27NO6. The molecule has 1 saturated heterocycles. The third kappa shape index (κ3) is 5.21. The summed E-state index contributed by atoms with van der Waals surface area (Å²) in [6.07, 6.45) is 1.73. The van der Waals surface area contributed by atoms with Gasteiger partial charge in [0, 0.05) is 18.2 Å². The molecule has 1 fully saturated rings. The first-order chi connectivity index (χ1) is 12.7. The van der Waals surface area contributed by atoms with Gasteiger partial charge in [0.25, 0.3) is 0 Å². The quantitative estimate of drug-likeness (QED) is 0.444. The largest absolute Gasteiger partial charge is 0.493 e. The Balaban J connectivity index is 2.12. The molecule has 7 nitrogen and oxygen atoms in total. The van der Waals surface area contributed by atoms with Crippen LogP contribution in [0, 0.1) is 5.92 Å². The summed E-state index contributed by atoms with van der Waals surface area (Å²) in [6, 6.07) is 4.30. The van der Waals surface area contributed by atoms with E-state index in [0.717, 1.165) is 6.42 Å². The number of carbonyl (C=O) groups excluding carboxylic acids is 3. The van der Waals surface area contributed by atoms with Gasteiger partial charge in [0.2, 0.25) is 0 Å². The molecule has 2 atom stereocenters. The van der Waals surface area contributed by atoms with Crippen molar-refractivity contribution >= 4 is 18.3 Å². The van der Waals surface area contributed by atoms with E-state index in [-0.39, 0.29) is 11.8 Å². The van der Waals surface area contributed by atoms with Gasteiger partial charge < -0.3 is 19.1 Å². The molecule has 0 N–H and O–H groups in total. The molecule has 0 aliphatic carbocycles. The Morgan fingerprint density at radius 2 is 1.96 bits per heavy atom. The lowest BCUT2D eigenvalue weighted by Gasteiger charge is -2.30. The summed E-state index contributed by atoms with van der Waals surface area (Å²) in [7, 11) is 1.46. The number of ether oxygens (including phenoxy) is 3. The molecule has 0 bridgehead atoms. The van der Waals surface area contributed by atoms with Gasteiger partial charge in [-0.2, -0.15) is 0 Å². The van der Waals surface area contributed by atoms with E-state index in [1.807, 2.05) is 0 Å². The van der Waals surface area contributed by atoms with Gasteiger partial charge in [0.15, 0.2) is 11.5 Å². The maximum atomic E-state index is 12.7. The molecule has 27 heavy (non-hydrogen) atoms. The topological polar surface area (TPSA) is 82.1 Å². The summed E-state index contributed by atoms with van der Waals surface area (Å²) in [4.78, 5) is 37.7.